The first-order valence-corrected chi connectivity index (χ1v) is 6.12. The van der Waals surface area contributed by atoms with Gasteiger partial charge in [-0.15, -0.1) is 0 Å². The second-order valence-electron chi connectivity index (χ2n) is 4.31. The maximum Gasteiger partial charge on any atom is 0.309 e. The van der Waals surface area contributed by atoms with E-state index in [1.165, 1.54) is 6.33 Å². The van der Waals surface area contributed by atoms with Gasteiger partial charge >= 0.3 is 5.97 Å². The third-order valence-corrected chi connectivity index (χ3v) is 3.55. The van der Waals surface area contributed by atoms with E-state index >= 15 is 0 Å². The van der Waals surface area contributed by atoms with Crippen LogP contribution >= 0.6 is 11.8 Å². The van der Waals surface area contributed by atoms with Crippen molar-refractivity contribution in [2.75, 3.05) is 5.75 Å². The van der Waals surface area contributed by atoms with Gasteiger partial charge < -0.3 is 5.11 Å². The molecular formula is C10H17N3O2S. The quantitative estimate of drug-likeness (QED) is 0.609. The lowest BCUT2D eigenvalue weighted by Crippen LogP contribution is -2.23. The molecule has 0 aliphatic heterocycles. The number of hydrogen-bond donors (Lipinski definition) is 1. The molecule has 0 bridgehead atoms. The Labute approximate surface area is 99.3 Å². The maximum absolute atomic E-state index is 10.9. The van der Waals surface area contributed by atoms with Gasteiger partial charge in [-0.25, -0.2) is 9.67 Å². The lowest BCUT2D eigenvalue weighted by molar-refractivity contribution is -0.147. The fourth-order valence-corrected chi connectivity index (χ4v) is 2.03. The summed E-state index contributed by atoms with van der Waals surface area (Å²) in [5.74, 6) is 0.125. The van der Waals surface area contributed by atoms with Gasteiger partial charge in [-0.05, 0) is 26.7 Å². The molecule has 1 heterocycles. The van der Waals surface area contributed by atoms with Gasteiger partial charge in [0.25, 0.3) is 0 Å². The predicted molar refractivity (Wildman–Crippen MR) is 62.4 cm³/mol. The van der Waals surface area contributed by atoms with Crippen LogP contribution < -0.4 is 0 Å². The van der Waals surface area contributed by atoms with Gasteiger partial charge in [0.15, 0.2) is 5.16 Å². The summed E-state index contributed by atoms with van der Waals surface area (Å²) in [6.07, 6.45) is 3.05. The summed E-state index contributed by atoms with van der Waals surface area (Å²) in [6, 6.07) is 0. The Morgan fingerprint density at radius 3 is 2.81 bits per heavy atom. The van der Waals surface area contributed by atoms with Gasteiger partial charge in [0.05, 0.1) is 5.41 Å². The van der Waals surface area contributed by atoms with Gasteiger partial charge in [0.1, 0.15) is 6.33 Å². The second kappa shape index (κ2) is 5.34. The number of thioether (sulfide) groups is 1. The summed E-state index contributed by atoms with van der Waals surface area (Å²) >= 11 is 1.60. The van der Waals surface area contributed by atoms with Crippen LogP contribution in [-0.2, 0) is 11.8 Å². The molecule has 1 aromatic rings. The van der Waals surface area contributed by atoms with E-state index in [9.17, 15) is 4.79 Å². The number of rotatable bonds is 6. The summed E-state index contributed by atoms with van der Waals surface area (Å²) in [7, 11) is 1.84. The Balaban J connectivity index is 2.27. The van der Waals surface area contributed by atoms with E-state index in [1.807, 2.05) is 7.05 Å². The molecule has 0 aliphatic rings. The Hall–Kier alpha value is -1.04. The molecule has 0 saturated carbocycles. The van der Waals surface area contributed by atoms with Crippen LogP contribution in [0.5, 0.6) is 0 Å². The molecule has 1 N–H and O–H groups in total. The highest BCUT2D eigenvalue weighted by Crippen LogP contribution is 2.24. The van der Waals surface area contributed by atoms with Crippen molar-refractivity contribution in [3.63, 3.8) is 0 Å². The number of aromatic nitrogens is 3. The van der Waals surface area contributed by atoms with Gasteiger partial charge in [-0.2, -0.15) is 5.10 Å². The van der Waals surface area contributed by atoms with E-state index in [0.29, 0.717) is 6.42 Å². The zero-order valence-electron chi connectivity index (χ0n) is 9.80. The summed E-state index contributed by atoms with van der Waals surface area (Å²) in [4.78, 5) is 14.9. The fraction of sp³-hybridized carbons (Fsp3) is 0.700. The third-order valence-electron chi connectivity index (χ3n) is 2.43. The summed E-state index contributed by atoms with van der Waals surface area (Å²) in [5.41, 5.74) is -0.638. The van der Waals surface area contributed by atoms with E-state index in [4.69, 9.17) is 5.11 Å². The summed E-state index contributed by atoms with van der Waals surface area (Å²) in [6.45, 7) is 3.50. The average molecular weight is 243 g/mol. The standard InChI is InChI=1S/C10H17N3O2S/c1-10(2,8(14)15)5-4-6-16-9-11-7-12-13(9)3/h7H,4-6H2,1-3H3,(H,14,15). The molecule has 0 amide bonds. The average Bonchev–Trinajstić information content (AvgIpc) is 2.59. The number of carboxylic acid groups (broad SMARTS) is 1. The Kier molecular flexibility index (Phi) is 4.35. The zero-order valence-corrected chi connectivity index (χ0v) is 10.6. The first-order chi connectivity index (χ1) is 7.43. The van der Waals surface area contributed by atoms with Crippen LogP contribution in [0.1, 0.15) is 26.7 Å². The van der Waals surface area contributed by atoms with Crippen LogP contribution in [0, 0.1) is 5.41 Å². The highest BCUT2D eigenvalue weighted by Gasteiger charge is 2.26. The van der Waals surface area contributed by atoms with Crippen molar-refractivity contribution < 1.29 is 9.90 Å². The first kappa shape index (κ1) is 13.0. The molecule has 5 nitrogen and oxygen atoms in total. The molecule has 0 spiro atoms. The van der Waals surface area contributed by atoms with Crippen LogP contribution in [-0.4, -0.2) is 31.6 Å². The highest BCUT2D eigenvalue weighted by atomic mass is 32.2. The van der Waals surface area contributed by atoms with Crippen molar-refractivity contribution in [1.82, 2.24) is 14.8 Å². The highest BCUT2D eigenvalue weighted by molar-refractivity contribution is 7.99. The van der Waals surface area contributed by atoms with Crippen molar-refractivity contribution in [1.29, 1.82) is 0 Å². The van der Waals surface area contributed by atoms with Crippen molar-refractivity contribution >= 4 is 17.7 Å². The molecular weight excluding hydrogens is 226 g/mol. The minimum absolute atomic E-state index is 0.638. The molecule has 6 heteroatoms. The maximum atomic E-state index is 10.9. The van der Waals surface area contributed by atoms with Crippen molar-refractivity contribution in [3.8, 4) is 0 Å². The lowest BCUT2D eigenvalue weighted by Gasteiger charge is -2.18. The van der Waals surface area contributed by atoms with Gasteiger partial charge in [0.2, 0.25) is 0 Å². The largest absolute Gasteiger partial charge is 0.481 e. The molecule has 0 unspecified atom stereocenters. The van der Waals surface area contributed by atoms with Gasteiger partial charge in [0, 0.05) is 12.8 Å². The molecule has 90 valence electrons. The van der Waals surface area contributed by atoms with Gasteiger partial charge in [-0.1, -0.05) is 11.8 Å². The summed E-state index contributed by atoms with van der Waals surface area (Å²) < 4.78 is 1.72. The molecule has 0 aliphatic carbocycles. The molecule has 0 aromatic carbocycles. The van der Waals surface area contributed by atoms with Crippen molar-refractivity contribution in [2.24, 2.45) is 12.5 Å². The fourth-order valence-electron chi connectivity index (χ4n) is 1.20. The number of aryl methyl sites for hydroxylation is 1. The molecule has 0 atom stereocenters. The first-order valence-electron chi connectivity index (χ1n) is 5.13. The Morgan fingerprint density at radius 2 is 2.31 bits per heavy atom. The number of hydrogen-bond acceptors (Lipinski definition) is 4. The molecule has 1 rings (SSSR count). The number of nitrogens with zero attached hydrogens (tertiary/aromatic N) is 3. The van der Waals surface area contributed by atoms with Crippen LogP contribution in [0.3, 0.4) is 0 Å². The zero-order chi connectivity index (χ0) is 12.2. The SMILES string of the molecule is Cn1ncnc1SCCCC(C)(C)C(=O)O. The van der Waals surface area contributed by atoms with E-state index in [1.54, 1.807) is 30.3 Å². The number of carbonyl (C=O) groups is 1. The second-order valence-corrected chi connectivity index (χ2v) is 5.37. The molecule has 0 saturated heterocycles. The molecule has 0 fully saturated rings. The van der Waals surface area contributed by atoms with E-state index < -0.39 is 11.4 Å². The third kappa shape index (κ3) is 3.52. The normalized spacial score (nSPS) is 11.7. The topological polar surface area (TPSA) is 68.0 Å². The molecule has 16 heavy (non-hydrogen) atoms. The monoisotopic (exact) mass is 243 g/mol. The van der Waals surface area contributed by atoms with Gasteiger partial charge in [-0.3, -0.25) is 4.79 Å². The van der Waals surface area contributed by atoms with E-state index in [-0.39, 0.29) is 0 Å². The van der Waals surface area contributed by atoms with Crippen molar-refractivity contribution in [2.45, 2.75) is 31.8 Å². The Bertz CT molecular complexity index is 363. The minimum Gasteiger partial charge on any atom is -0.481 e. The smallest absolute Gasteiger partial charge is 0.309 e. The van der Waals surface area contributed by atoms with E-state index in [0.717, 1.165) is 17.3 Å². The predicted octanol–water partition coefficient (Wildman–Crippen LogP) is 1.80. The van der Waals surface area contributed by atoms with Crippen LogP contribution in [0.4, 0.5) is 0 Å². The lowest BCUT2D eigenvalue weighted by atomic mass is 9.88. The number of aliphatic carboxylic acids is 1. The van der Waals surface area contributed by atoms with Crippen LogP contribution in [0.25, 0.3) is 0 Å². The van der Waals surface area contributed by atoms with Crippen molar-refractivity contribution in [3.05, 3.63) is 6.33 Å². The minimum atomic E-state index is -0.740. The van der Waals surface area contributed by atoms with E-state index in [2.05, 4.69) is 10.1 Å². The summed E-state index contributed by atoms with van der Waals surface area (Å²) in [5, 5.41) is 13.8. The molecule has 1 aromatic heterocycles. The van der Waals surface area contributed by atoms with Crippen LogP contribution in [0.15, 0.2) is 11.5 Å². The molecule has 0 radical (unpaired) electrons. The van der Waals surface area contributed by atoms with Crippen LogP contribution in [0.2, 0.25) is 0 Å². The Morgan fingerprint density at radius 1 is 1.62 bits per heavy atom. The number of carboxylic acids is 1.